The number of unbranched alkanes of at least 4 members (excludes halogenated alkanes) is 1. The second kappa shape index (κ2) is 7.84. The fraction of sp³-hybridized carbons (Fsp3) is 0.368. The van der Waals surface area contributed by atoms with E-state index in [0.717, 1.165) is 42.4 Å². The fourth-order valence-electron chi connectivity index (χ4n) is 2.60. The zero-order valence-electron chi connectivity index (χ0n) is 12.9. The zero-order valence-corrected chi connectivity index (χ0v) is 12.9. The Morgan fingerprint density at radius 2 is 1.76 bits per heavy atom. The van der Waals surface area contributed by atoms with E-state index in [4.69, 9.17) is 4.74 Å². The molecule has 0 aromatic heterocycles. The van der Waals surface area contributed by atoms with E-state index in [1.165, 1.54) is 5.56 Å². The Kier molecular flexibility index (Phi) is 5.82. The molecule has 0 bridgehead atoms. The average Bonchev–Trinajstić information content (AvgIpc) is 2.52. The van der Waals surface area contributed by atoms with Gasteiger partial charge >= 0.3 is 0 Å². The van der Waals surface area contributed by atoms with E-state index < -0.39 is 0 Å². The van der Waals surface area contributed by atoms with Gasteiger partial charge in [0.15, 0.2) is 0 Å². The highest BCUT2D eigenvalue weighted by atomic mass is 16.5. The Morgan fingerprint density at radius 3 is 2.43 bits per heavy atom. The predicted molar refractivity (Wildman–Crippen MR) is 87.7 cm³/mol. The highest BCUT2D eigenvalue weighted by Crippen LogP contribution is 2.31. The van der Waals surface area contributed by atoms with Crippen LogP contribution in [0.2, 0.25) is 0 Å². The summed E-state index contributed by atoms with van der Waals surface area (Å²) in [6.45, 7) is 2.83. The molecule has 2 nitrogen and oxygen atoms in total. The van der Waals surface area contributed by atoms with Gasteiger partial charge in [-0.2, -0.15) is 0 Å². The lowest BCUT2D eigenvalue weighted by Gasteiger charge is -2.14. The highest BCUT2D eigenvalue weighted by Gasteiger charge is 2.11. The van der Waals surface area contributed by atoms with Crippen LogP contribution in [0, 0.1) is 0 Å². The molecular weight excluding hydrogens is 260 g/mol. The molecule has 0 aliphatic carbocycles. The Labute approximate surface area is 127 Å². The summed E-state index contributed by atoms with van der Waals surface area (Å²) in [4.78, 5) is 0. The van der Waals surface area contributed by atoms with Crippen LogP contribution in [0.3, 0.4) is 0 Å². The van der Waals surface area contributed by atoms with Crippen molar-refractivity contribution in [3.8, 4) is 16.9 Å². The van der Waals surface area contributed by atoms with Crippen molar-refractivity contribution in [3.63, 3.8) is 0 Å². The summed E-state index contributed by atoms with van der Waals surface area (Å²) in [6, 6.07) is 14.3. The van der Waals surface area contributed by atoms with E-state index in [2.05, 4.69) is 25.1 Å². The molecule has 1 N–H and O–H groups in total. The van der Waals surface area contributed by atoms with E-state index in [1.807, 2.05) is 24.3 Å². The molecule has 2 heteroatoms. The van der Waals surface area contributed by atoms with Crippen molar-refractivity contribution in [2.75, 3.05) is 13.7 Å². The van der Waals surface area contributed by atoms with Gasteiger partial charge in [0.2, 0.25) is 0 Å². The standard InChI is InChI=1S/C19H24O2/c1-3-4-8-16-13-17(15-9-6-5-7-10-15)14-19(20)18(16)11-12-21-2/h5-7,9-10,13-14,20H,3-4,8,11-12H2,1-2H3. The molecular formula is C19H24O2. The minimum atomic E-state index is 0.388. The van der Waals surface area contributed by atoms with Gasteiger partial charge in [-0.25, -0.2) is 0 Å². The summed E-state index contributed by atoms with van der Waals surface area (Å²) in [6.07, 6.45) is 4.05. The van der Waals surface area contributed by atoms with Gasteiger partial charge in [-0.15, -0.1) is 0 Å². The maximum absolute atomic E-state index is 10.4. The van der Waals surface area contributed by atoms with Gasteiger partial charge in [0.25, 0.3) is 0 Å². The minimum Gasteiger partial charge on any atom is -0.508 e. The predicted octanol–water partition coefficient (Wildman–Crippen LogP) is 4.59. The molecule has 0 aliphatic heterocycles. The van der Waals surface area contributed by atoms with Crippen LogP contribution < -0.4 is 0 Å². The van der Waals surface area contributed by atoms with Gasteiger partial charge in [0.1, 0.15) is 5.75 Å². The zero-order chi connectivity index (χ0) is 15.1. The topological polar surface area (TPSA) is 29.5 Å². The van der Waals surface area contributed by atoms with E-state index in [0.29, 0.717) is 12.4 Å². The molecule has 0 radical (unpaired) electrons. The first kappa shape index (κ1) is 15.6. The molecule has 2 aromatic rings. The fourth-order valence-corrected chi connectivity index (χ4v) is 2.60. The third kappa shape index (κ3) is 4.08. The van der Waals surface area contributed by atoms with Crippen LogP contribution in [-0.2, 0) is 17.6 Å². The normalized spacial score (nSPS) is 10.8. The number of benzene rings is 2. The van der Waals surface area contributed by atoms with Crippen LogP contribution >= 0.6 is 0 Å². The Bertz CT molecular complexity index is 561. The second-order valence-electron chi connectivity index (χ2n) is 5.35. The van der Waals surface area contributed by atoms with Crippen LogP contribution in [0.5, 0.6) is 5.75 Å². The summed E-state index contributed by atoms with van der Waals surface area (Å²) in [7, 11) is 1.70. The van der Waals surface area contributed by atoms with Crippen molar-refractivity contribution in [1.82, 2.24) is 0 Å². The molecule has 0 amide bonds. The first-order valence-corrected chi connectivity index (χ1v) is 7.65. The van der Waals surface area contributed by atoms with Gasteiger partial charge in [0.05, 0.1) is 6.61 Å². The van der Waals surface area contributed by atoms with Gasteiger partial charge < -0.3 is 9.84 Å². The van der Waals surface area contributed by atoms with Crippen molar-refractivity contribution in [2.45, 2.75) is 32.6 Å². The SMILES string of the molecule is CCCCc1cc(-c2ccccc2)cc(O)c1CCOC. The smallest absolute Gasteiger partial charge is 0.119 e. The van der Waals surface area contributed by atoms with E-state index >= 15 is 0 Å². The van der Waals surface area contributed by atoms with E-state index in [-0.39, 0.29) is 0 Å². The van der Waals surface area contributed by atoms with E-state index in [1.54, 1.807) is 7.11 Å². The lowest BCUT2D eigenvalue weighted by molar-refractivity contribution is 0.201. The molecule has 0 spiro atoms. The number of hydrogen-bond donors (Lipinski definition) is 1. The molecule has 0 unspecified atom stereocenters. The maximum Gasteiger partial charge on any atom is 0.119 e. The summed E-state index contributed by atoms with van der Waals surface area (Å²) in [5.41, 5.74) is 4.50. The van der Waals surface area contributed by atoms with Gasteiger partial charge in [-0.05, 0) is 47.6 Å². The number of methoxy groups -OCH3 is 1. The number of aromatic hydroxyl groups is 1. The molecule has 0 aliphatic rings. The summed E-state index contributed by atoms with van der Waals surface area (Å²) in [5, 5.41) is 10.4. The Balaban J connectivity index is 2.39. The van der Waals surface area contributed by atoms with Crippen LogP contribution in [0.4, 0.5) is 0 Å². The number of phenolic OH excluding ortho intramolecular Hbond substituents is 1. The van der Waals surface area contributed by atoms with Crippen LogP contribution in [-0.4, -0.2) is 18.8 Å². The summed E-state index contributed by atoms with van der Waals surface area (Å²) in [5.74, 6) is 0.388. The van der Waals surface area contributed by atoms with Crippen LogP contribution in [0.1, 0.15) is 30.9 Å². The number of phenols is 1. The highest BCUT2D eigenvalue weighted by molar-refractivity contribution is 5.67. The molecule has 21 heavy (non-hydrogen) atoms. The van der Waals surface area contributed by atoms with Crippen LogP contribution in [0.25, 0.3) is 11.1 Å². The van der Waals surface area contributed by atoms with Crippen molar-refractivity contribution in [3.05, 3.63) is 53.6 Å². The molecule has 0 atom stereocenters. The molecule has 0 fully saturated rings. The minimum absolute atomic E-state index is 0.388. The van der Waals surface area contributed by atoms with Crippen molar-refractivity contribution >= 4 is 0 Å². The Hall–Kier alpha value is -1.80. The number of rotatable bonds is 7. The molecule has 112 valence electrons. The average molecular weight is 284 g/mol. The molecule has 0 saturated heterocycles. The van der Waals surface area contributed by atoms with E-state index in [9.17, 15) is 5.11 Å². The summed E-state index contributed by atoms with van der Waals surface area (Å²) >= 11 is 0. The molecule has 0 heterocycles. The molecule has 2 rings (SSSR count). The lowest BCUT2D eigenvalue weighted by Crippen LogP contribution is -2.01. The third-order valence-corrected chi connectivity index (χ3v) is 3.78. The third-order valence-electron chi connectivity index (χ3n) is 3.78. The number of aryl methyl sites for hydroxylation is 1. The first-order valence-electron chi connectivity index (χ1n) is 7.65. The largest absolute Gasteiger partial charge is 0.508 e. The van der Waals surface area contributed by atoms with Crippen molar-refractivity contribution in [1.29, 1.82) is 0 Å². The van der Waals surface area contributed by atoms with Gasteiger partial charge in [-0.1, -0.05) is 49.7 Å². The van der Waals surface area contributed by atoms with Gasteiger partial charge in [-0.3, -0.25) is 0 Å². The monoisotopic (exact) mass is 284 g/mol. The van der Waals surface area contributed by atoms with Crippen molar-refractivity contribution < 1.29 is 9.84 Å². The van der Waals surface area contributed by atoms with Crippen molar-refractivity contribution in [2.24, 2.45) is 0 Å². The molecule has 2 aromatic carbocycles. The quantitative estimate of drug-likeness (QED) is 0.805. The second-order valence-corrected chi connectivity index (χ2v) is 5.35. The first-order chi connectivity index (χ1) is 10.3. The van der Waals surface area contributed by atoms with Crippen LogP contribution in [0.15, 0.2) is 42.5 Å². The summed E-state index contributed by atoms with van der Waals surface area (Å²) < 4.78 is 5.16. The maximum atomic E-state index is 10.4. The lowest BCUT2D eigenvalue weighted by atomic mass is 9.94. The van der Waals surface area contributed by atoms with Gasteiger partial charge in [0, 0.05) is 7.11 Å². The number of ether oxygens (including phenoxy) is 1. The number of hydrogen-bond acceptors (Lipinski definition) is 2. The molecule has 0 saturated carbocycles. The Morgan fingerprint density at radius 1 is 1.00 bits per heavy atom.